The van der Waals surface area contributed by atoms with Gasteiger partial charge in [0.2, 0.25) is 0 Å². The van der Waals surface area contributed by atoms with Crippen LogP contribution < -0.4 is 15.4 Å². The predicted octanol–water partition coefficient (Wildman–Crippen LogP) is 4.04. The van der Waals surface area contributed by atoms with Crippen LogP contribution in [0.5, 0.6) is 5.75 Å². The zero-order valence-electron chi connectivity index (χ0n) is 16.9. The number of pyridine rings is 1. The lowest BCUT2D eigenvalue weighted by Crippen LogP contribution is -2.30. The van der Waals surface area contributed by atoms with Gasteiger partial charge in [-0.1, -0.05) is 6.07 Å². The van der Waals surface area contributed by atoms with Crippen molar-refractivity contribution in [3.63, 3.8) is 0 Å². The number of aliphatic imine (C=N–C) groups is 1. The molecule has 2 rings (SSSR count). The Labute approximate surface area is 185 Å². The van der Waals surface area contributed by atoms with E-state index in [0.29, 0.717) is 19.8 Å². The molecule has 0 unspecified atom stereocenters. The molecule has 1 aromatic heterocycles. The minimum Gasteiger partial charge on any atom is -0.493 e. The van der Waals surface area contributed by atoms with E-state index < -0.39 is 0 Å². The fourth-order valence-electron chi connectivity index (χ4n) is 2.57. The summed E-state index contributed by atoms with van der Waals surface area (Å²) in [7, 11) is 1.70. The van der Waals surface area contributed by atoms with Gasteiger partial charge >= 0.3 is 0 Å². The van der Waals surface area contributed by atoms with Crippen molar-refractivity contribution in [3.8, 4) is 5.75 Å². The van der Waals surface area contributed by atoms with E-state index in [1.165, 1.54) is 11.1 Å². The number of halogens is 1. The molecule has 0 aliphatic heterocycles. The molecule has 0 radical (unpaired) electrons. The number of nitrogens with zero attached hydrogens (tertiary/aromatic N) is 2. The monoisotopic (exact) mass is 498 g/mol. The van der Waals surface area contributed by atoms with Gasteiger partial charge in [-0.3, -0.25) is 9.98 Å². The number of ether oxygens (including phenoxy) is 2. The summed E-state index contributed by atoms with van der Waals surface area (Å²) in [5.41, 5.74) is 3.42. The van der Waals surface area contributed by atoms with Gasteiger partial charge in [0, 0.05) is 57.4 Å². The Hall–Kier alpha value is -1.87. The molecule has 0 atom stereocenters. The SMILES string of the molecule is CCNC(=NCCc1ccncc1C)Nc1cccc(OCCCOC)c1.I. The van der Waals surface area contributed by atoms with Crippen molar-refractivity contribution in [3.05, 3.63) is 53.9 Å². The number of nitrogens with one attached hydrogen (secondary N) is 2. The highest BCUT2D eigenvalue weighted by molar-refractivity contribution is 14.0. The minimum absolute atomic E-state index is 0. The van der Waals surface area contributed by atoms with Crippen LogP contribution in [0, 0.1) is 6.92 Å². The summed E-state index contributed by atoms with van der Waals surface area (Å²) in [4.78, 5) is 8.81. The van der Waals surface area contributed by atoms with Gasteiger partial charge in [-0.2, -0.15) is 0 Å². The lowest BCUT2D eigenvalue weighted by molar-refractivity contribution is 0.172. The first-order chi connectivity index (χ1) is 13.2. The van der Waals surface area contributed by atoms with Crippen LogP contribution >= 0.6 is 24.0 Å². The van der Waals surface area contributed by atoms with Crippen molar-refractivity contribution in [2.75, 3.05) is 38.7 Å². The number of guanidine groups is 1. The summed E-state index contributed by atoms with van der Waals surface area (Å²) in [5, 5.41) is 6.63. The summed E-state index contributed by atoms with van der Waals surface area (Å²) in [6.07, 6.45) is 5.47. The van der Waals surface area contributed by atoms with Gasteiger partial charge < -0.3 is 20.1 Å². The molecule has 7 heteroatoms. The maximum atomic E-state index is 5.76. The molecule has 0 bridgehead atoms. The lowest BCUT2D eigenvalue weighted by Gasteiger charge is -2.13. The van der Waals surface area contributed by atoms with Gasteiger partial charge in [-0.15, -0.1) is 24.0 Å². The number of methoxy groups -OCH3 is 1. The van der Waals surface area contributed by atoms with E-state index in [-0.39, 0.29) is 24.0 Å². The largest absolute Gasteiger partial charge is 0.493 e. The van der Waals surface area contributed by atoms with Crippen LogP contribution in [0.3, 0.4) is 0 Å². The predicted molar refractivity (Wildman–Crippen MR) is 126 cm³/mol. The number of rotatable bonds is 10. The first-order valence-electron chi connectivity index (χ1n) is 9.39. The average Bonchev–Trinajstić information content (AvgIpc) is 2.67. The van der Waals surface area contributed by atoms with Gasteiger partial charge in [0.25, 0.3) is 0 Å². The van der Waals surface area contributed by atoms with E-state index in [9.17, 15) is 0 Å². The molecule has 0 amide bonds. The summed E-state index contributed by atoms with van der Waals surface area (Å²) in [6, 6.07) is 9.95. The Morgan fingerprint density at radius 3 is 2.82 bits per heavy atom. The fourth-order valence-corrected chi connectivity index (χ4v) is 2.57. The second-order valence-corrected chi connectivity index (χ2v) is 6.16. The maximum absolute atomic E-state index is 5.76. The Balaban J connectivity index is 0.00000392. The van der Waals surface area contributed by atoms with Crippen LogP contribution in [0.1, 0.15) is 24.5 Å². The fraction of sp³-hybridized carbons (Fsp3) is 0.429. The van der Waals surface area contributed by atoms with Gasteiger partial charge in [0.05, 0.1) is 6.61 Å². The molecule has 1 heterocycles. The van der Waals surface area contributed by atoms with E-state index in [2.05, 4.69) is 40.5 Å². The molecular weight excluding hydrogens is 467 g/mol. The molecule has 0 saturated heterocycles. The Kier molecular flexibility index (Phi) is 12.2. The Bertz CT molecular complexity index is 725. The molecule has 28 heavy (non-hydrogen) atoms. The molecule has 0 spiro atoms. The zero-order valence-corrected chi connectivity index (χ0v) is 19.2. The third-order valence-electron chi connectivity index (χ3n) is 3.99. The van der Waals surface area contributed by atoms with Crippen LogP contribution in [0.15, 0.2) is 47.7 Å². The second-order valence-electron chi connectivity index (χ2n) is 6.16. The van der Waals surface area contributed by atoms with Gasteiger partial charge in [-0.25, -0.2) is 0 Å². The van der Waals surface area contributed by atoms with Crippen molar-refractivity contribution in [2.45, 2.75) is 26.7 Å². The highest BCUT2D eigenvalue weighted by atomic mass is 127. The molecule has 2 N–H and O–H groups in total. The topological polar surface area (TPSA) is 67.8 Å². The summed E-state index contributed by atoms with van der Waals surface area (Å²) in [6.45, 7) is 6.97. The van der Waals surface area contributed by atoms with Crippen molar-refractivity contribution >= 4 is 35.6 Å². The molecule has 0 aliphatic rings. The number of hydrogen-bond donors (Lipinski definition) is 2. The summed E-state index contributed by atoms with van der Waals surface area (Å²) in [5.74, 6) is 1.60. The average molecular weight is 498 g/mol. The van der Waals surface area contributed by atoms with Crippen LogP contribution in [-0.4, -0.2) is 44.4 Å². The second kappa shape index (κ2) is 14.2. The summed E-state index contributed by atoms with van der Waals surface area (Å²) < 4.78 is 10.8. The van der Waals surface area contributed by atoms with Gasteiger partial charge in [0.1, 0.15) is 5.75 Å². The van der Waals surface area contributed by atoms with Gasteiger partial charge in [-0.05, 0) is 49.6 Å². The van der Waals surface area contributed by atoms with Crippen molar-refractivity contribution in [2.24, 2.45) is 4.99 Å². The van der Waals surface area contributed by atoms with E-state index in [4.69, 9.17) is 9.47 Å². The van der Waals surface area contributed by atoms with Gasteiger partial charge in [0.15, 0.2) is 5.96 Å². The highest BCUT2D eigenvalue weighted by Crippen LogP contribution is 2.17. The highest BCUT2D eigenvalue weighted by Gasteiger charge is 2.02. The number of aryl methyl sites for hydroxylation is 1. The maximum Gasteiger partial charge on any atom is 0.195 e. The number of anilines is 1. The molecule has 0 fully saturated rings. The van der Waals surface area contributed by atoms with E-state index in [0.717, 1.165) is 36.8 Å². The first kappa shape index (κ1) is 24.2. The molecule has 2 aromatic rings. The molecule has 0 aliphatic carbocycles. The van der Waals surface area contributed by atoms with Crippen LogP contribution in [0.25, 0.3) is 0 Å². The van der Waals surface area contributed by atoms with Crippen LogP contribution in [0.2, 0.25) is 0 Å². The molecule has 1 aromatic carbocycles. The number of benzene rings is 1. The first-order valence-corrected chi connectivity index (χ1v) is 9.39. The minimum atomic E-state index is 0. The standard InChI is InChI=1S/C21H30N4O2.HI/c1-4-23-21(24-12-10-18-9-11-22-16-17(18)2)25-19-7-5-8-20(15-19)27-14-6-13-26-3;/h5,7-9,11,15-16H,4,6,10,12-14H2,1-3H3,(H2,23,24,25);1H. The number of aromatic nitrogens is 1. The smallest absolute Gasteiger partial charge is 0.195 e. The van der Waals surface area contributed by atoms with E-state index >= 15 is 0 Å². The third-order valence-corrected chi connectivity index (χ3v) is 3.99. The Morgan fingerprint density at radius 2 is 2.07 bits per heavy atom. The molecule has 154 valence electrons. The van der Waals surface area contributed by atoms with E-state index in [1.807, 2.05) is 36.7 Å². The van der Waals surface area contributed by atoms with Crippen molar-refractivity contribution in [1.29, 1.82) is 0 Å². The van der Waals surface area contributed by atoms with Crippen LogP contribution in [-0.2, 0) is 11.2 Å². The molecular formula is C21H31IN4O2. The summed E-state index contributed by atoms with van der Waals surface area (Å²) >= 11 is 0. The quantitative estimate of drug-likeness (QED) is 0.224. The lowest BCUT2D eigenvalue weighted by atomic mass is 10.1. The third kappa shape index (κ3) is 8.88. The Morgan fingerprint density at radius 1 is 1.21 bits per heavy atom. The van der Waals surface area contributed by atoms with E-state index in [1.54, 1.807) is 7.11 Å². The van der Waals surface area contributed by atoms with Crippen molar-refractivity contribution in [1.82, 2.24) is 10.3 Å². The number of hydrogen-bond acceptors (Lipinski definition) is 4. The molecule has 6 nitrogen and oxygen atoms in total. The zero-order chi connectivity index (χ0) is 19.3. The normalized spacial score (nSPS) is 10.9. The van der Waals surface area contributed by atoms with Crippen LogP contribution in [0.4, 0.5) is 5.69 Å². The molecule has 0 saturated carbocycles. The van der Waals surface area contributed by atoms with Crippen molar-refractivity contribution < 1.29 is 9.47 Å².